The van der Waals surface area contributed by atoms with Gasteiger partial charge in [0.25, 0.3) is 0 Å². The zero-order chi connectivity index (χ0) is 10.5. The van der Waals surface area contributed by atoms with Gasteiger partial charge in [-0.2, -0.15) is 0 Å². The van der Waals surface area contributed by atoms with Crippen LogP contribution in [0.1, 0.15) is 5.56 Å². The standard InChI is InChI=1S/C12H14OS2/c13-11(12-14-8-9-15-12)7-6-10-4-2-1-3-5-10/h1-7,11-13H,8-9H2/b7-6+. The van der Waals surface area contributed by atoms with Crippen molar-refractivity contribution in [1.82, 2.24) is 0 Å². The predicted molar refractivity (Wildman–Crippen MR) is 70.2 cm³/mol. The first-order valence-electron chi connectivity index (χ1n) is 5.01. The number of thioether (sulfide) groups is 2. The Morgan fingerprint density at radius 1 is 1.20 bits per heavy atom. The molecule has 1 N–H and O–H groups in total. The normalized spacial score (nSPS) is 19.8. The van der Waals surface area contributed by atoms with Gasteiger partial charge in [-0.3, -0.25) is 0 Å². The number of aliphatic hydroxyl groups is 1. The molecule has 1 aliphatic heterocycles. The third-order valence-electron chi connectivity index (χ3n) is 2.21. The number of rotatable bonds is 3. The lowest BCUT2D eigenvalue weighted by atomic mass is 10.2. The summed E-state index contributed by atoms with van der Waals surface area (Å²) in [5.41, 5.74) is 1.14. The largest absolute Gasteiger partial charge is 0.387 e. The quantitative estimate of drug-likeness (QED) is 0.874. The third kappa shape index (κ3) is 3.30. The minimum Gasteiger partial charge on any atom is -0.387 e. The molecule has 1 aromatic rings. The molecule has 1 saturated heterocycles. The van der Waals surface area contributed by atoms with Gasteiger partial charge in [-0.25, -0.2) is 0 Å². The molecule has 15 heavy (non-hydrogen) atoms. The van der Waals surface area contributed by atoms with E-state index < -0.39 is 0 Å². The lowest BCUT2D eigenvalue weighted by molar-refractivity contribution is 0.242. The molecule has 1 atom stereocenters. The fourth-order valence-corrected chi connectivity index (χ4v) is 4.21. The maximum absolute atomic E-state index is 9.88. The number of hydrogen-bond donors (Lipinski definition) is 1. The van der Waals surface area contributed by atoms with Gasteiger partial charge in [0.2, 0.25) is 0 Å². The van der Waals surface area contributed by atoms with Crippen molar-refractivity contribution in [2.75, 3.05) is 11.5 Å². The zero-order valence-corrected chi connectivity index (χ0v) is 10.0. The molecular formula is C12H14OS2. The van der Waals surface area contributed by atoms with Crippen LogP contribution in [0.4, 0.5) is 0 Å². The number of benzene rings is 1. The van der Waals surface area contributed by atoms with Gasteiger partial charge < -0.3 is 5.11 Å². The second-order valence-electron chi connectivity index (χ2n) is 3.37. The highest BCUT2D eigenvalue weighted by molar-refractivity contribution is 8.20. The van der Waals surface area contributed by atoms with Gasteiger partial charge in [-0.05, 0) is 5.56 Å². The Morgan fingerprint density at radius 3 is 2.53 bits per heavy atom. The summed E-state index contributed by atoms with van der Waals surface area (Å²) in [4.78, 5) is 0. The van der Waals surface area contributed by atoms with Crippen LogP contribution in [0.3, 0.4) is 0 Å². The van der Waals surface area contributed by atoms with Crippen LogP contribution in [0.5, 0.6) is 0 Å². The van der Waals surface area contributed by atoms with E-state index in [0.717, 1.165) is 17.1 Å². The Kier molecular flexibility index (Phi) is 4.18. The molecule has 1 unspecified atom stereocenters. The van der Waals surface area contributed by atoms with Crippen LogP contribution in [0, 0.1) is 0 Å². The molecule has 3 heteroatoms. The van der Waals surface area contributed by atoms with Crippen molar-refractivity contribution in [3.05, 3.63) is 42.0 Å². The predicted octanol–water partition coefficient (Wildman–Crippen LogP) is 2.87. The molecule has 0 aliphatic carbocycles. The van der Waals surface area contributed by atoms with Gasteiger partial charge in [-0.1, -0.05) is 42.5 Å². The molecule has 1 aliphatic rings. The molecule has 1 aromatic carbocycles. The number of hydrogen-bond acceptors (Lipinski definition) is 3. The van der Waals surface area contributed by atoms with E-state index in [0.29, 0.717) is 4.58 Å². The minimum atomic E-state index is -0.331. The van der Waals surface area contributed by atoms with E-state index in [-0.39, 0.29) is 6.10 Å². The lowest BCUT2D eigenvalue weighted by Gasteiger charge is -2.11. The summed E-state index contributed by atoms with van der Waals surface area (Å²) in [7, 11) is 0. The van der Waals surface area contributed by atoms with Crippen LogP contribution in [0.2, 0.25) is 0 Å². The summed E-state index contributed by atoms with van der Waals surface area (Å²) < 4.78 is 0.324. The molecule has 1 nitrogen and oxygen atoms in total. The Hall–Kier alpha value is -0.380. The Balaban J connectivity index is 1.93. The molecule has 2 rings (SSSR count). The minimum absolute atomic E-state index is 0.324. The molecule has 0 aromatic heterocycles. The van der Waals surface area contributed by atoms with Crippen LogP contribution in [0.25, 0.3) is 6.08 Å². The van der Waals surface area contributed by atoms with Crippen LogP contribution in [-0.4, -0.2) is 27.3 Å². The summed E-state index contributed by atoms with van der Waals surface area (Å²) in [5, 5.41) is 9.88. The van der Waals surface area contributed by atoms with E-state index in [1.165, 1.54) is 0 Å². The van der Waals surface area contributed by atoms with Crippen molar-refractivity contribution in [2.24, 2.45) is 0 Å². The highest BCUT2D eigenvalue weighted by Crippen LogP contribution is 2.34. The van der Waals surface area contributed by atoms with Crippen LogP contribution < -0.4 is 0 Å². The molecule has 0 bridgehead atoms. The lowest BCUT2D eigenvalue weighted by Crippen LogP contribution is -2.14. The van der Waals surface area contributed by atoms with Crippen molar-refractivity contribution < 1.29 is 5.11 Å². The van der Waals surface area contributed by atoms with E-state index in [2.05, 4.69) is 0 Å². The van der Waals surface area contributed by atoms with E-state index in [1.54, 1.807) is 0 Å². The first-order chi connectivity index (χ1) is 7.36. The Labute approximate surface area is 99.0 Å². The topological polar surface area (TPSA) is 20.2 Å². The molecule has 0 amide bonds. The SMILES string of the molecule is OC(/C=C/c1ccccc1)C1SCCS1. The highest BCUT2D eigenvalue weighted by atomic mass is 32.2. The maximum atomic E-state index is 9.88. The Morgan fingerprint density at radius 2 is 1.87 bits per heavy atom. The number of aliphatic hydroxyl groups excluding tert-OH is 1. The van der Waals surface area contributed by atoms with Gasteiger partial charge in [0.05, 0.1) is 10.7 Å². The molecule has 0 radical (unpaired) electrons. The summed E-state index contributed by atoms with van der Waals surface area (Å²) >= 11 is 3.69. The fourth-order valence-electron chi connectivity index (χ4n) is 1.44. The first-order valence-corrected chi connectivity index (χ1v) is 7.10. The van der Waals surface area contributed by atoms with Crippen molar-refractivity contribution in [3.63, 3.8) is 0 Å². The molecule has 0 spiro atoms. The molecular weight excluding hydrogens is 224 g/mol. The van der Waals surface area contributed by atoms with E-state index >= 15 is 0 Å². The van der Waals surface area contributed by atoms with Gasteiger partial charge in [0, 0.05) is 11.5 Å². The molecule has 80 valence electrons. The Bertz CT molecular complexity index is 318. The van der Waals surface area contributed by atoms with Crippen molar-refractivity contribution >= 4 is 29.6 Å². The molecule has 1 heterocycles. The van der Waals surface area contributed by atoms with E-state index in [4.69, 9.17) is 0 Å². The monoisotopic (exact) mass is 238 g/mol. The fraction of sp³-hybridized carbons (Fsp3) is 0.333. The van der Waals surface area contributed by atoms with Crippen molar-refractivity contribution in [2.45, 2.75) is 10.7 Å². The van der Waals surface area contributed by atoms with Gasteiger partial charge >= 0.3 is 0 Å². The highest BCUT2D eigenvalue weighted by Gasteiger charge is 2.22. The van der Waals surface area contributed by atoms with Crippen molar-refractivity contribution in [3.8, 4) is 0 Å². The molecule has 1 fully saturated rings. The van der Waals surface area contributed by atoms with Gasteiger partial charge in [0.15, 0.2) is 0 Å². The second-order valence-corrected chi connectivity index (χ2v) is 6.17. The summed E-state index contributed by atoms with van der Waals surface area (Å²) in [6.07, 6.45) is 3.55. The van der Waals surface area contributed by atoms with Crippen LogP contribution >= 0.6 is 23.5 Å². The van der Waals surface area contributed by atoms with E-state index in [1.807, 2.05) is 66.0 Å². The van der Waals surface area contributed by atoms with Crippen LogP contribution in [0.15, 0.2) is 36.4 Å². The maximum Gasteiger partial charge on any atom is 0.0934 e. The zero-order valence-electron chi connectivity index (χ0n) is 8.37. The average molecular weight is 238 g/mol. The van der Waals surface area contributed by atoms with Crippen LogP contribution in [-0.2, 0) is 0 Å². The molecule has 0 saturated carbocycles. The summed E-state index contributed by atoms with van der Waals surface area (Å²) in [6.45, 7) is 0. The smallest absolute Gasteiger partial charge is 0.0934 e. The van der Waals surface area contributed by atoms with E-state index in [9.17, 15) is 5.11 Å². The van der Waals surface area contributed by atoms with Gasteiger partial charge in [-0.15, -0.1) is 23.5 Å². The second kappa shape index (κ2) is 5.64. The first kappa shape index (κ1) is 11.1. The van der Waals surface area contributed by atoms with Crippen molar-refractivity contribution in [1.29, 1.82) is 0 Å². The summed E-state index contributed by atoms with van der Waals surface area (Å²) in [6, 6.07) is 10.1. The summed E-state index contributed by atoms with van der Waals surface area (Å²) in [5.74, 6) is 2.32. The van der Waals surface area contributed by atoms with Gasteiger partial charge in [0.1, 0.15) is 0 Å². The third-order valence-corrected chi connectivity index (χ3v) is 5.38. The average Bonchev–Trinajstić information content (AvgIpc) is 2.81.